The Bertz CT molecular complexity index is 784. The van der Waals surface area contributed by atoms with Gasteiger partial charge in [-0.2, -0.15) is 0 Å². The minimum absolute atomic E-state index is 0.0439. The zero-order valence-corrected chi connectivity index (χ0v) is 15.8. The molecule has 0 spiro atoms. The van der Waals surface area contributed by atoms with Crippen molar-refractivity contribution in [2.75, 3.05) is 31.6 Å². The second-order valence-corrected chi connectivity index (χ2v) is 7.06. The Morgan fingerprint density at radius 2 is 2.04 bits per heavy atom. The number of thiazole rings is 1. The molecule has 0 saturated carbocycles. The number of piperidine rings is 1. The first kappa shape index (κ1) is 18.4. The van der Waals surface area contributed by atoms with Crippen LogP contribution in [0.25, 0.3) is 10.2 Å². The average Bonchev–Trinajstić information content (AvgIpc) is 3.04. The molecule has 1 saturated heterocycles. The van der Waals surface area contributed by atoms with E-state index >= 15 is 0 Å². The van der Waals surface area contributed by atoms with E-state index in [1.54, 1.807) is 11.8 Å². The first-order valence-electron chi connectivity index (χ1n) is 8.86. The third kappa shape index (κ3) is 4.24. The average molecular weight is 377 g/mol. The van der Waals surface area contributed by atoms with Crippen molar-refractivity contribution < 1.29 is 19.1 Å². The number of aromatic nitrogens is 1. The van der Waals surface area contributed by atoms with Crippen LogP contribution >= 0.6 is 11.3 Å². The topological polar surface area (TPSA) is 80.8 Å². The predicted molar refractivity (Wildman–Crippen MR) is 101 cm³/mol. The van der Waals surface area contributed by atoms with Gasteiger partial charge in [-0.05, 0) is 44.9 Å². The molecule has 0 aliphatic carbocycles. The standard InChI is InChI=1S/C18H23N3O4S/c1-3-24-13-5-6-14-15(11-13)26-17(19-14)20-16(22)12-7-9-21(10-8-12)18(23)25-4-2/h5-6,11-12H,3-4,7-10H2,1-2H3,(H,19,20,22). The maximum absolute atomic E-state index is 12.5. The summed E-state index contributed by atoms with van der Waals surface area (Å²) >= 11 is 1.43. The molecule has 1 aromatic heterocycles. The lowest BCUT2D eigenvalue weighted by Crippen LogP contribution is -2.41. The van der Waals surface area contributed by atoms with Gasteiger partial charge in [0.2, 0.25) is 5.91 Å². The number of rotatable bonds is 5. The molecule has 0 bridgehead atoms. The summed E-state index contributed by atoms with van der Waals surface area (Å²) in [5, 5.41) is 3.50. The second-order valence-electron chi connectivity index (χ2n) is 6.03. The molecular formula is C18H23N3O4S. The second kappa shape index (κ2) is 8.35. The zero-order valence-electron chi connectivity index (χ0n) is 15.0. The van der Waals surface area contributed by atoms with Gasteiger partial charge in [0.25, 0.3) is 0 Å². The highest BCUT2D eigenvalue weighted by Gasteiger charge is 2.28. The number of ether oxygens (including phenoxy) is 2. The van der Waals surface area contributed by atoms with E-state index < -0.39 is 0 Å². The third-order valence-electron chi connectivity index (χ3n) is 4.29. The van der Waals surface area contributed by atoms with Crippen LogP contribution in [0.3, 0.4) is 0 Å². The van der Waals surface area contributed by atoms with E-state index in [1.807, 2.05) is 25.1 Å². The van der Waals surface area contributed by atoms with Crippen molar-refractivity contribution in [3.8, 4) is 5.75 Å². The van der Waals surface area contributed by atoms with E-state index in [0.717, 1.165) is 16.0 Å². The highest BCUT2D eigenvalue weighted by Crippen LogP contribution is 2.30. The van der Waals surface area contributed by atoms with Crippen molar-refractivity contribution in [1.82, 2.24) is 9.88 Å². The van der Waals surface area contributed by atoms with E-state index in [9.17, 15) is 9.59 Å². The van der Waals surface area contributed by atoms with Gasteiger partial charge in [-0.1, -0.05) is 11.3 Å². The fourth-order valence-corrected chi connectivity index (χ4v) is 3.86. The van der Waals surface area contributed by atoms with Crippen LogP contribution in [0.1, 0.15) is 26.7 Å². The zero-order chi connectivity index (χ0) is 18.5. The number of carbonyl (C=O) groups is 2. The number of nitrogens with one attached hydrogen (secondary N) is 1. The Morgan fingerprint density at radius 1 is 1.27 bits per heavy atom. The molecule has 2 heterocycles. The first-order chi connectivity index (χ1) is 12.6. The molecule has 140 valence electrons. The van der Waals surface area contributed by atoms with Gasteiger partial charge in [0.1, 0.15) is 5.75 Å². The van der Waals surface area contributed by atoms with Crippen LogP contribution in [0.4, 0.5) is 9.93 Å². The summed E-state index contributed by atoms with van der Waals surface area (Å²) < 4.78 is 11.5. The molecule has 0 atom stereocenters. The molecule has 2 amide bonds. The third-order valence-corrected chi connectivity index (χ3v) is 5.23. The van der Waals surface area contributed by atoms with Crippen LogP contribution < -0.4 is 10.1 Å². The molecule has 1 aromatic carbocycles. The molecule has 0 unspecified atom stereocenters. The predicted octanol–water partition coefficient (Wildman–Crippen LogP) is 3.50. The quantitative estimate of drug-likeness (QED) is 0.862. The smallest absolute Gasteiger partial charge is 0.409 e. The lowest BCUT2D eigenvalue weighted by molar-refractivity contribution is -0.121. The van der Waals surface area contributed by atoms with Crippen molar-refractivity contribution in [2.45, 2.75) is 26.7 Å². The minimum Gasteiger partial charge on any atom is -0.494 e. The number of anilines is 1. The molecule has 1 aliphatic rings. The van der Waals surface area contributed by atoms with E-state index in [4.69, 9.17) is 9.47 Å². The van der Waals surface area contributed by atoms with Crippen molar-refractivity contribution in [3.05, 3.63) is 18.2 Å². The summed E-state index contributed by atoms with van der Waals surface area (Å²) in [6.07, 6.45) is 0.955. The molecule has 2 aromatic rings. The summed E-state index contributed by atoms with van der Waals surface area (Å²) in [6.45, 7) is 5.77. The van der Waals surface area contributed by atoms with E-state index in [-0.39, 0.29) is 17.9 Å². The van der Waals surface area contributed by atoms with Gasteiger partial charge in [-0.3, -0.25) is 4.79 Å². The van der Waals surface area contributed by atoms with Gasteiger partial charge < -0.3 is 19.7 Å². The number of benzene rings is 1. The van der Waals surface area contributed by atoms with Gasteiger partial charge >= 0.3 is 6.09 Å². The fourth-order valence-electron chi connectivity index (χ4n) is 2.96. The van der Waals surface area contributed by atoms with Crippen LogP contribution in [0, 0.1) is 5.92 Å². The van der Waals surface area contributed by atoms with Gasteiger partial charge in [0.15, 0.2) is 5.13 Å². The number of hydrogen-bond donors (Lipinski definition) is 1. The van der Waals surface area contributed by atoms with Crippen LogP contribution in [0.2, 0.25) is 0 Å². The highest BCUT2D eigenvalue weighted by molar-refractivity contribution is 7.22. The molecule has 0 radical (unpaired) electrons. The Labute approximate surface area is 156 Å². The monoisotopic (exact) mass is 377 g/mol. The van der Waals surface area contributed by atoms with E-state index in [1.165, 1.54) is 11.3 Å². The number of likely N-dealkylation sites (tertiary alicyclic amines) is 1. The number of nitrogens with zero attached hydrogens (tertiary/aromatic N) is 2. The molecule has 1 fully saturated rings. The maximum atomic E-state index is 12.5. The Hall–Kier alpha value is -2.35. The number of carbonyl (C=O) groups excluding carboxylic acids is 2. The van der Waals surface area contributed by atoms with Crippen molar-refractivity contribution in [1.29, 1.82) is 0 Å². The van der Waals surface area contributed by atoms with Crippen molar-refractivity contribution in [2.24, 2.45) is 5.92 Å². The minimum atomic E-state index is -0.303. The molecule has 8 heteroatoms. The lowest BCUT2D eigenvalue weighted by Gasteiger charge is -2.30. The molecule has 3 rings (SSSR count). The summed E-state index contributed by atoms with van der Waals surface area (Å²) in [7, 11) is 0. The van der Waals surface area contributed by atoms with Gasteiger partial charge in [-0.25, -0.2) is 9.78 Å². The van der Waals surface area contributed by atoms with Crippen molar-refractivity contribution in [3.63, 3.8) is 0 Å². The van der Waals surface area contributed by atoms with E-state index in [2.05, 4.69) is 10.3 Å². The summed E-state index contributed by atoms with van der Waals surface area (Å²) in [5.74, 6) is 0.636. The Morgan fingerprint density at radius 3 is 2.73 bits per heavy atom. The van der Waals surface area contributed by atoms with Gasteiger partial charge in [-0.15, -0.1) is 0 Å². The highest BCUT2D eigenvalue weighted by atomic mass is 32.1. The molecule has 26 heavy (non-hydrogen) atoms. The Kier molecular flexibility index (Phi) is 5.92. The summed E-state index contributed by atoms with van der Waals surface area (Å²) in [5.41, 5.74) is 0.839. The maximum Gasteiger partial charge on any atom is 0.409 e. The van der Waals surface area contributed by atoms with Crippen molar-refractivity contribution >= 4 is 38.7 Å². The van der Waals surface area contributed by atoms with E-state index in [0.29, 0.717) is 44.3 Å². The lowest BCUT2D eigenvalue weighted by atomic mass is 9.96. The molecular weight excluding hydrogens is 354 g/mol. The van der Waals surface area contributed by atoms with Gasteiger partial charge in [0, 0.05) is 19.0 Å². The molecule has 1 N–H and O–H groups in total. The number of amides is 2. The molecule has 7 nitrogen and oxygen atoms in total. The summed E-state index contributed by atoms with van der Waals surface area (Å²) in [6, 6.07) is 5.70. The Balaban J connectivity index is 1.58. The van der Waals surface area contributed by atoms with Crippen LogP contribution in [0.15, 0.2) is 18.2 Å². The van der Waals surface area contributed by atoms with Crippen LogP contribution in [0.5, 0.6) is 5.75 Å². The number of hydrogen-bond acceptors (Lipinski definition) is 6. The normalized spacial score (nSPS) is 15.1. The number of fused-ring (bicyclic) bond motifs is 1. The first-order valence-corrected chi connectivity index (χ1v) is 9.68. The van der Waals surface area contributed by atoms with Gasteiger partial charge in [0.05, 0.1) is 23.4 Å². The van der Waals surface area contributed by atoms with Crippen LogP contribution in [-0.2, 0) is 9.53 Å². The fraction of sp³-hybridized carbons (Fsp3) is 0.500. The molecule has 1 aliphatic heterocycles. The SMILES string of the molecule is CCOC(=O)N1CCC(C(=O)Nc2nc3ccc(OCC)cc3s2)CC1. The largest absolute Gasteiger partial charge is 0.494 e. The van der Waals surface area contributed by atoms with Crippen LogP contribution in [-0.4, -0.2) is 48.2 Å². The summed E-state index contributed by atoms with van der Waals surface area (Å²) in [4.78, 5) is 30.4.